The van der Waals surface area contributed by atoms with Gasteiger partial charge in [0.2, 0.25) is 0 Å². The first-order chi connectivity index (χ1) is 12.2. The second kappa shape index (κ2) is 7.87. The number of carbonyl (C=O) groups is 1. The quantitative estimate of drug-likeness (QED) is 0.454. The zero-order valence-corrected chi connectivity index (χ0v) is 15.3. The lowest BCUT2D eigenvalue weighted by Crippen LogP contribution is -2.24. The predicted octanol–water partition coefficient (Wildman–Crippen LogP) is 2.08. The van der Waals surface area contributed by atoms with E-state index in [0.29, 0.717) is 11.1 Å². The zero-order chi connectivity index (χ0) is 19.3. The summed E-state index contributed by atoms with van der Waals surface area (Å²) in [4.78, 5) is 10.7. The van der Waals surface area contributed by atoms with Crippen molar-refractivity contribution in [1.82, 2.24) is 5.43 Å². The van der Waals surface area contributed by atoms with Crippen LogP contribution in [0, 0.1) is 13.8 Å². The second-order valence-corrected chi connectivity index (χ2v) is 6.97. The molecule has 9 heteroatoms. The fraction of sp³-hybridized carbons (Fsp3) is 0.176. The van der Waals surface area contributed by atoms with Gasteiger partial charge in [-0.05, 0) is 54.8 Å². The van der Waals surface area contributed by atoms with E-state index in [1.54, 1.807) is 32.0 Å². The molecule has 2 amide bonds. The molecule has 0 spiro atoms. The topological polar surface area (TPSA) is 120 Å². The van der Waals surface area contributed by atoms with Gasteiger partial charge in [-0.15, -0.1) is 0 Å². The maximum atomic E-state index is 12.6. The number of amides is 2. The molecule has 3 N–H and O–H groups in total. The molecule has 0 aliphatic rings. The molecular formula is C17H19N3O5S. The summed E-state index contributed by atoms with van der Waals surface area (Å²) in [5, 5.41) is 3.63. The van der Waals surface area contributed by atoms with Gasteiger partial charge in [-0.25, -0.2) is 10.2 Å². The van der Waals surface area contributed by atoms with E-state index in [9.17, 15) is 13.2 Å². The number of hydrazone groups is 1. The average molecular weight is 377 g/mol. The third-order valence-corrected chi connectivity index (χ3v) is 4.77. The van der Waals surface area contributed by atoms with Gasteiger partial charge in [-0.2, -0.15) is 13.5 Å². The van der Waals surface area contributed by atoms with Crippen molar-refractivity contribution in [2.45, 2.75) is 18.7 Å². The lowest BCUT2D eigenvalue weighted by Gasteiger charge is -2.13. The van der Waals surface area contributed by atoms with E-state index in [2.05, 4.69) is 10.5 Å². The Labute approximate surface area is 151 Å². The summed E-state index contributed by atoms with van der Waals surface area (Å²) in [6.45, 7) is 3.49. The Morgan fingerprint density at radius 3 is 2.54 bits per heavy atom. The third-order valence-electron chi connectivity index (χ3n) is 3.39. The largest absolute Gasteiger partial charge is 0.493 e. The highest BCUT2D eigenvalue weighted by molar-refractivity contribution is 7.87. The lowest BCUT2D eigenvalue weighted by atomic mass is 10.2. The Bertz CT molecular complexity index is 955. The molecule has 0 atom stereocenters. The number of hydrogen-bond acceptors (Lipinski definition) is 6. The molecule has 0 saturated heterocycles. The number of benzene rings is 2. The normalized spacial score (nSPS) is 11.3. The number of rotatable bonds is 6. The summed E-state index contributed by atoms with van der Waals surface area (Å²) < 4.78 is 35.7. The maximum Gasteiger partial charge on any atom is 0.339 e. The molecule has 0 aromatic heterocycles. The van der Waals surface area contributed by atoms with E-state index in [-0.39, 0.29) is 16.4 Å². The number of nitrogens with one attached hydrogen (secondary N) is 1. The first-order valence-electron chi connectivity index (χ1n) is 7.51. The summed E-state index contributed by atoms with van der Waals surface area (Å²) >= 11 is 0. The molecule has 8 nitrogen and oxygen atoms in total. The van der Waals surface area contributed by atoms with Gasteiger partial charge in [0.1, 0.15) is 4.90 Å². The van der Waals surface area contributed by atoms with Gasteiger partial charge in [0, 0.05) is 0 Å². The minimum absolute atomic E-state index is 0.0356. The van der Waals surface area contributed by atoms with Crippen LogP contribution in [0.1, 0.15) is 16.7 Å². The van der Waals surface area contributed by atoms with Crippen molar-refractivity contribution in [2.75, 3.05) is 7.11 Å². The SMILES string of the molecule is COc1cc(/C=N\NC(N)=O)ccc1OS(=O)(=O)c1cc(C)ccc1C. The van der Waals surface area contributed by atoms with Crippen LogP contribution in [0.5, 0.6) is 11.5 Å². The molecule has 2 aromatic rings. The maximum absolute atomic E-state index is 12.6. The number of hydrogen-bond donors (Lipinski definition) is 2. The van der Waals surface area contributed by atoms with Crippen LogP contribution in [0.4, 0.5) is 4.79 Å². The van der Waals surface area contributed by atoms with Gasteiger partial charge in [0.15, 0.2) is 11.5 Å². The van der Waals surface area contributed by atoms with Gasteiger partial charge in [-0.1, -0.05) is 12.1 Å². The zero-order valence-electron chi connectivity index (χ0n) is 14.5. The average Bonchev–Trinajstić information content (AvgIpc) is 2.57. The number of nitrogens with zero attached hydrogens (tertiary/aromatic N) is 1. The van der Waals surface area contributed by atoms with Crippen LogP contribution in [0.2, 0.25) is 0 Å². The van der Waals surface area contributed by atoms with Gasteiger partial charge >= 0.3 is 16.1 Å². The lowest BCUT2D eigenvalue weighted by molar-refractivity contribution is 0.249. The van der Waals surface area contributed by atoms with Crippen LogP contribution in [-0.2, 0) is 10.1 Å². The van der Waals surface area contributed by atoms with E-state index in [1.165, 1.54) is 25.5 Å². The molecule has 138 valence electrons. The van der Waals surface area contributed by atoms with Crippen molar-refractivity contribution in [2.24, 2.45) is 10.8 Å². The van der Waals surface area contributed by atoms with Crippen LogP contribution in [0.25, 0.3) is 0 Å². The molecule has 0 radical (unpaired) electrons. The summed E-state index contributed by atoms with van der Waals surface area (Å²) in [6.07, 6.45) is 1.33. The summed E-state index contributed by atoms with van der Waals surface area (Å²) in [6, 6.07) is 8.80. The molecule has 2 aromatic carbocycles. The van der Waals surface area contributed by atoms with E-state index in [0.717, 1.165) is 5.56 Å². The Kier molecular flexibility index (Phi) is 5.83. The van der Waals surface area contributed by atoms with Crippen molar-refractivity contribution < 1.29 is 22.1 Å². The molecule has 0 bridgehead atoms. The van der Waals surface area contributed by atoms with Crippen molar-refractivity contribution in [3.05, 3.63) is 53.1 Å². The number of ether oxygens (including phenoxy) is 1. The molecule has 0 heterocycles. The number of primary amides is 1. The molecule has 0 saturated carbocycles. The Morgan fingerprint density at radius 1 is 1.15 bits per heavy atom. The van der Waals surface area contributed by atoms with Gasteiger partial charge < -0.3 is 14.7 Å². The first-order valence-corrected chi connectivity index (χ1v) is 8.92. The van der Waals surface area contributed by atoms with E-state index in [4.69, 9.17) is 14.7 Å². The van der Waals surface area contributed by atoms with E-state index < -0.39 is 16.1 Å². The Hall–Kier alpha value is -3.07. The highest BCUT2D eigenvalue weighted by Gasteiger charge is 2.21. The Morgan fingerprint density at radius 2 is 1.88 bits per heavy atom. The summed E-state index contributed by atoms with van der Waals surface area (Å²) in [5.41, 5.74) is 8.90. The molecule has 2 rings (SSSR count). The van der Waals surface area contributed by atoms with Crippen LogP contribution in [0.3, 0.4) is 0 Å². The molecule has 26 heavy (non-hydrogen) atoms. The summed E-state index contributed by atoms with van der Waals surface area (Å²) in [5.74, 6) is 0.232. The Balaban J connectivity index is 2.32. The van der Waals surface area contributed by atoms with E-state index in [1.807, 2.05) is 6.07 Å². The van der Waals surface area contributed by atoms with Crippen molar-refractivity contribution in [3.63, 3.8) is 0 Å². The fourth-order valence-electron chi connectivity index (χ4n) is 2.14. The minimum atomic E-state index is -4.03. The summed E-state index contributed by atoms with van der Waals surface area (Å²) in [7, 11) is -2.64. The molecule has 0 fully saturated rings. The number of aryl methyl sites for hydroxylation is 2. The minimum Gasteiger partial charge on any atom is -0.493 e. The molecule has 0 aliphatic heterocycles. The van der Waals surface area contributed by atoms with Gasteiger partial charge in [0.25, 0.3) is 0 Å². The first kappa shape index (κ1) is 19.3. The van der Waals surface area contributed by atoms with Gasteiger partial charge in [-0.3, -0.25) is 0 Å². The highest BCUT2D eigenvalue weighted by atomic mass is 32.2. The predicted molar refractivity (Wildman–Crippen MR) is 97.0 cm³/mol. The monoisotopic (exact) mass is 377 g/mol. The molecular weight excluding hydrogens is 358 g/mol. The number of methoxy groups -OCH3 is 1. The van der Waals surface area contributed by atoms with Crippen molar-refractivity contribution in [1.29, 1.82) is 0 Å². The van der Waals surface area contributed by atoms with E-state index >= 15 is 0 Å². The molecule has 0 aliphatic carbocycles. The van der Waals surface area contributed by atoms with Gasteiger partial charge in [0.05, 0.1) is 13.3 Å². The third kappa shape index (κ3) is 4.73. The van der Waals surface area contributed by atoms with Crippen LogP contribution in [-0.4, -0.2) is 27.8 Å². The second-order valence-electron chi connectivity index (χ2n) is 5.45. The number of nitrogens with two attached hydrogens (primary N) is 1. The van der Waals surface area contributed by atoms with Crippen molar-refractivity contribution >= 4 is 22.4 Å². The smallest absolute Gasteiger partial charge is 0.339 e. The number of urea groups is 1. The molecule has 0 unspecified atom stereocenters. The number of carbonyl (C=O) groups excluding carboxylic acids is 1. The van der Waals surface area contributed by atoms with Crippen LogP contribution in [0.15, 0.2) is 46.4 Å². The van der Waals surface area contributed by atoms with Crippen LogP contribution < -0.4 is 20.1 Å². The highest BCUT2D eigenvalue weighted by Crippen LogP contribution is 2.31. The van der Waals surface area contributed by atoms with Crippen molar-refractivity contribution in [3.8, 4) is 11.5 Å². The fourth-order valence-corrected chi connectivity index (χ4v) is 3.40. The standard InChI is InChI=1S/C17H19N3O5S/c1-11-4-5-12(2)16(8-11)26(22,23)25-14-7-6-13(9-15(14)24-3)10-19-20-17(18)21/h4-10H,1-3H3,(H3,18,20,21)/b19-10-. The van der Waals surface area contributed by atoms with Crippen LogP contribution >= 0.6 is 0 Å².